The molecule has 2 heterocycles. The van der Waals surface area contributed by atoms with Gasteiger partial charge >= 0.3 is 0 Å². The number of benzene rings is 3. The Hall–Kier alpha value is -2.78. The number of unbranched alkanes of at least 4 members (excludes halogenated alkanes) is 2. The van der Waals surface area contributed by atoms with E-state index in [-0.39, 0.29) is 0 Å². The van der Waals surface area contributed by atoms with Crippen molar-refractivity contribution in [2.75, 3.05) is 50.1 Å². The van der Waals surface area contributed by atoms with Gasteiger partial charge in [0, 0.05) is 38.6 Å². The van der Waals surface area contributed by atoms with E-state index >= 15 is 0 Å². The Morgan fingerprint density at radius 1 is 0.846 bits per heavy atom. The zero-order valence-electron chi connectivity index (χ0n) is 25.0. The summed E-state index contributed by atoms with van der Waals surface area (Å²) in [5.41, 5.74) is 10.1. The van der Waals surface area contributed by atoms with Crippen molar-refractivity contribution in [3.05, 3.63) is 94.5 Å². The number of hydrogen-bond acceptors (Lipinski definition) is 3. The monoisotopic (exact) mass is 525 g/mol. The highest BCUT2D eigenvalue weighted by Crippen LogP contribution is 2.29. The Morgan fingerprint density at radius 2 is 1.62 bits per heavy atom. The lowest BCUT2D eigenvalue weighted by Gasteiger charge is -2.32. The van der Waals surface area contributed by atoms with E-state index in [0.29, 0.717) is 0 Å². The molecule has 0 spiro atoms. The normalized spacial score (nSPS) is 15.3. The molecule has 0 unspecified atom stereocenters. The zero-order valence-corrected chi connectivity index (χ0v) is 25.0. The maximum atomic E-state index is 3.44. The molecule has 1 N–H and O–H groups in total. The average molecular weight is 526 g/mol. The van der Waals surface area contributed by atoms with E-state index in [2.05, 4.69) is 110 Å². The number of aryl methyl sites for hydroxylation is 2. The van der Waals surface area contributed by atoms with Crippen LogP contribution in [0.4, 0.5) is 11.4 Å². The van der Waals surface area contributed by atoms with Gasteiger partial charge in [0.15, 0.2) is 0 Å². The van der Waals surface area contributed by atoms with Crippen LogP contribution in [0.5, 0.6) is 0 Å². The lowest BCUT2D eigenvalue weighted by atomic mass is 9.89. The molecular weight excluding hydrogens is 474 g/mol. The van der Waals surface area contributed by atoms with Crippen molar-refractivity contribution < 1.29 is 0 Å². The fourth-order valence-corrected chi connectivity index (χ4v) is 5.94. The van der Waals surface area contributed by atoms with Crippen LogP contribution in [0.1, 0.15) is 86.1 Å². The summed E-state index contributed by atoms with van der Waals surface area (Å²) in [4.78, 5) is 4.76. The summed E-state index contributed by atoms with van der Waals surface area (Å²) < 4.78 is 0. The summed E-state index contributed by atoms with van der Waals surface area (Å²) in [6.45, 7) is 9.33. The predicted molar refractivity (Wildman–Crippen MR) is 171 cm³/mol. The molecule has 0 atom stereocenters. The molecule has 0 aromatic heterocycles. The Balaban J connectivity index is 0.000000187. The second kappa shape index (κ2) is 15.1. The molecule has 1 fully saturated rings. The second-order valence-electron chi connectivity index (χ2n) is 11.6. The van der Waals surface area contributed by atoms with Gasteiger partial charge < -0.3 is 15.1 Å². The molecule has 5 rings (SSSR count). The van der Waals surface area contributed by atoms with E-state index in [1.54, 1.807) is 5.56 Å². The summed E-state index contributed by atoms with van der Waals surface area (Å²) in [5, 5.41) is 3.44. The van der Waals surface area contributed by atoms with Gasteiger partial charge in [-0.1, -0.05) is 75.2 Å². The van der Waals surface area contributed by atoms with Crippen LogP contribution >= 0.6 is 0 Å². The van der Waals surface area contributed by atoms with Crippen molar-refractivity contribution in [3.63, 3.8) is 0 Å². The first-order valence-corrected chi connectivity index (χ1v) is 15.5. The van der Waals surface area contributed by atoms with Gasteiger partial charge in [-0.3, -0.25) is 0 Å². The van der Waals surface area contributed by atoms with Crippen molar-refractivity contribution in [1.29, 1.82) is 0 Å². The van der Waals surface area contributed by atoms with Crippen LogP contribution in [-0.2, 0) is 19.3 Å². The van der Waals surface area contributed by atoms with Crippen LogP contribution in [0.3, 0.4) is 0 Å². The highest BCUT2D eigenvalue weighted by molar-refractivity contribution is 5.57. The molecule has 0 bridgehead atoms. The van der Waals surface area contributed by atoms with Crippen molar-refractivity contribution in [3.8, 4) is 0 Å². The molecule has 3 heteroatoms. The third-order valence-corrected chi connectivity index (χ3v) is 8.43. The summed E-state index contributed by atoms with van der Waals surface area (Å²) in [6, 6.07) is 25.1. The molecule has 3 aromatic rings. The van der Waals surface area contributed by atoms with Crippen molar-refractivity contribution in [2.45, 2.75) is 77.6 Å². The lowest BCUT2D eigenvalue weighted by Crippen LogP contribution is -2.30. The van der Waals surface area contributed by atoms with Crippen molar-refractivity contribution in [2.24, 2.45) is 0 Å². The third-order valence-electron chi connectivity index (χ3n) is 8.43. The van der Waals surface area contributed by atoms with E-state index in [0.717, 1.165) is 31.8 Å². The third kappa shape index (κ3) is 8.60. The fourth-order valence-electron chi connectivity index (χ4n) is 5.94. The highest BCUT2D eigenvalue weighted by atomic mass is 15.1. The van der Waals surface area contributed by atoms with Gasteiger partial charge in [0.2, 0.25) is 0 Å². The average Bonchev–Trinajstić information content (AvgIpc) is 2.98. The van der Waals surface area contributed by atoms with Crippen LogP contribution in [0.25, 0.3) is 0 Å². The van der Waals surface area contributed by atoms with Gasteiger partial charge in [-0.05, 0) is 110 Å². The summed E-state index contributed by atoms with van der Waals surface area (Å²) in [6.07, 6.45) is 11.3. The van der Waals surface area contributed by atoms with E-state index < -0.39 is 0 Å². The van der Waals surface area contributed by atoms with Crippen LogP contribution in [0.2, 0.25) is 0 Å². The number of hydrogen-bond donors (Lipinski definition) is 1. The summed E-state index contributed by atoms with van der Waals surface area (Å²) in [7, 11) is 4.18. The quantitative estimate of drug-likeness (QED) is 0.286. The Kier molecular flexibility index (Phi) is 11.3. The number of rotatable bonds is 9. The highest BCUT2D eigenvalue weighted by Gasteiger charge is 2.17. The molecule has 39 heavy (non-hydrogen) atoms. The molecule has 0 aliphatic carbocycles. The molecule has 2 aliphatic heterocycles. The van der Waals surface area contributed by atoms with Crippen molar-refractivity contribution in [1.82, 2.24) is 5.32 Å². The first-order chi connectivity index (χ1) is 19.1. The van der Waals surface area contributed by atoms with Gasteiger partial charge in [0.1, 0.15) is 0 Å². The van der Waals surface area contributed by atoms with Crippen molar-refractivity contribution >= 4 is 11.4 Å². The zero-order chi connectivity index (χ0) is 27.5. The van der Waals surface area contributed by atoms with E-state index in [1.807, 2.05) is 0 Å². The first-order valence-electron chi connectivity index (χ1n) is 15.5. The second-order valence-corrected chi connectivity index (χ2v) is 11.6. The maximum absolute atomic E-state index is 3.44. The largest absolute Gasteiger partial charge is 0.378 e. The van der Waals surface area contributed by atoms with Gasteiger partial charge in [-0.25, -0.2) is 0 Å². The molecule has 0 radical (unpaired) electrons. The Labute approximate surface area is 238 Å². The molecule has 3 nitrogen and oxygen atoms in total. The van der Waals surface area contributed by atoms with Crippen LogP contribution in [0, 0.1) is 0 Å². The molecule has 210 valence electrons. The molecule has 3 aromatic carbocycles. The number of fused-ring (bicyclic) bond motifs is 1. The lowest BCUT2D eigenvalue weighted by molar-refractivity contribution is 0.460. The number of anilines is 2. The van der Waals surface area contributed by atoms with Gasteiger partial charge in [-0.2, -0.15) is 0 Å². The van der Waals surface area contributed by atoms with Gasteiger partial charge in [-0.15, -0.1) is 0 Å². The topological polar surface area (TPSA) is 18.5 Å². The number of piperidine rings is 1. The molecular formula is C36H51N3. The van der Waals surface area contributed by atoms with Gasteiger partial charge in [0.25, 0.3) is 0 Å². The summed E-state index contributed by atoms with van der Waals surface area (Å²) in [5.74, 6) is 0.743. The molecule has 1 saturated heterocycles. The first kappa shape index (κ1) is 29.2. The minimum absolute atomic E-state index is 0.743. The molecule has 0 amide bonds. The number of nitrogens with zero attached hydrogens (tertiary/aromatic N) is 2. The van der Waals surface area contributed by atoms with E-state index in [9.17, 15) is 0 Å². The van der Waals surface area contributed by atoms with Crippen LogP contribution in [-0.4, -0.2) is 40.3 Å². The predicted octanol–water partition coefficient (Wildman–Crippen LogP) is 8.00. The SMILES string of the molecule is CCCCCN1CCCc2ccc(CC)cc21.CN(C)c1cccc(Cc2ccc(C3CCNCC3)cc2)c1. The summed E-state index contributed by atoms with van der Waals surface area (Å²) >= 11 is 0. The van der Waals surface area contributed by atoms with Gasteiger partial charge in [0.05, 0.1) is 0 Å². The number of nitrogens with one attached hydrogen (secondary N) is 1. The van der Waals surface area contributed by atoms with Crippen LogP contribution in [0.15, 0.2) is 66.7 Å². The Bertz CT molecular complexity index is 1130. The molecule has 0 saturated carbocycles. The van der Waals surface area contributed by atoms with Crippen LogP contribution < -0.4 is 15.1 Å². The Morgan fingerprint density at radius 3 is 2.33 bits per heavy atom. The van der Waals surface area contributed by atoms with E-state index in [4.69, 9.17) is 0 Å². The fraction of sp³-hybridized carbons (Fsp3) is 0.500. The standard InChI is InChI=1S/C20H26N2.C16H25N/c1-22(2)20-5-3-4-17(15-20)14-16-6-8-18(9-7-16)19-10-12-21-13-11-19;1-3-5-6-11-17-12-7-8-15-10-9-14(4-2)13-16(15)17/h3-9,15,19,21H,10-14H2,1-2H3;9-10,13H,3-8,11-12H2,1-2H3. The minimum atomic E-state index is 0.743. The maximum Gasteiger partial charge on any atom is 0.0401 e. The smallest absolute Gasteiger partial charge is 0.0401 e. The molecule has 2 aliphatic rings. The minimum Gasteiger partial charge on any atom is -0.378 e. The van der Waals surface area contributed by atoms with E-state index in [1.165, 1.54) is 91.7 Å².